The van der Waals surface area contributed by atoms with Crippen LogP contribution in [0.5, 0.6) is 0 Å². The zero-order valence-electron chi connectivity index (χ0n) is 16.0. The molecule has 4 rings (SSSR count). The Morgan fingerprint density at radius 2 is 1.93 bits per heavy atom. The van der Waals surface area contributed by atoms with E-state index in [4.69, 9.17) is 0 Å². The molecule has 1 N–H and O–H groups in total. The third kappa shape index (κ3) is 3.20. The van der Waals surface area contributed by atoms with E-state index in [1.54, 1.807) is 19.1 Å². The number of fused-ring (bicyclic) bond motifs is 1. The molecule has 0 aliphatic carbocycles. The van der Waals surface area contributed by atoms with Crippen LogP contribution >= 0.6 is 0 Å². The van der Waals surface area contributed by atoms with Crippen LogP contribution in [0.3, 0.4) is 0 Å². The summed E-state index contributed by atoms with van der Waals surface area (Å²) in [6.07, 6.45) is 5.92. The van der Waals surface area contributed by atoms with Gasteiger partial charge in [-0.15, -0.1) is 0 Å². The zero-order chi connectivity index (χ0) is 19.8. The van der Waals surface area contributed by atoms with Crippen molar-refractivity contribution in [2.24, 2.45) is 10.2 Å². The van der Waals surface area contributed by atoms with Crippen molar-refractivity contribution in [2.45, 2.75) is 26.8 Å². The summed E-state index contributed by atoms with van der Waals surface area (Å²) >= 11 is 0. The third-order valence-electron chi connectivity index (χ3n) is 5.00. The summed E-state index contributed by atoms with van der Waals surface area (Å²) in [5.74, 6) is -0.304. The Balaban J connectivity index is 1.75. The van der Waals surface area contributed by atoms with Crippen molar-refractivity contribution >= 4 is 22.7 Å². The summed E-state index contributed by atoms with van der Waals surface area (Å²) < 4.78 is 13.9. The fourth-order valence-electron chi connectivity index (χ4n) is 3.37. The molecule has 0 spiro atoms. The molecule has 1 aliphatic rings. The highest BCUT2D eigenvalue weighted by Gasteiger charge is 2.19. The molecule has 2 aromatic carbocycles. The maximum absolute atomic E-state index is 13.9. The number of nitrogens with zero attached hydrogens (tertiary/aromatic N) is 2. The average molecular weight is 373 g/mol. The van der Waals surface area contributed by atoms with Crippen LogP contribution in [0.1, 0.15) is 40.8 Å². The van der Waals surface area contributed by atoms with Crippen LogP contribution in [-0.2, 0) is 0 Å². The van der Waals surface area contributed by atoms with Crippen LogP contribution in [0.4, 0.5) is 4.39 Å². The number of halogens is 1. The van der Waals surface area contributed by atoms with Crippen molar-refractivity contribution < 1.29 is 4.39 Å². The van der Waals surface area contributed by atoms with Gasteiger partial charge in [0.2, 0.25) is 0 Å². The molecule has 0 saturated heterocycles. The highest BCUT2D eigenvalue weighted by atomic mass is 19.1. The largest absolute Gasteiger partial charge is 0.321 e. The molecule has 140 valence electrons. The Hall–Kier alpha value is -3.34. The Bertz CT molecular complexity index is 1230. The lowest BCUT2D eigenvalue weighted by molar-refractivity contribution is 0.620. The molecule has 1 aliphatic heterocycles. The quantitative estimate of drug-likeness (QED) is 0.614. The number of nitrogens with one attached hydrogen (secondary N) is 1. The highest BCUT2D eigenvalue weighted by Crippen LogP contribution is 2.33. The normalized spacial score (nSPS) is 16.3. The molecule has 5 heteroatoms. The van der Waals surface area contributed by atoms with E-state index in [1.165, 1.54) is 11.6 Å². The van der Waals surface area contributed by atoms with E-state index < -0.39 is 0 Å². The highest BCUT2D eigenvalue weighted by molar-refractivity contribution is 5.83. The summed E-state index contributed by atoms with van der Waals surface area (Å²) in [5.41, 5.74) is 5.06. The van der Waals surface area contributed by atoms with Crippen molar-refractivity contribution in [3.8, 4) is 0 Å². The van der Waals surface area contributed by atoms with Crippen LogP contribution < -0.4 is 5.56 Å². The minimum absolute atomic E-state index is 0.246. The second-order valence-electron chi connectivity index (χ2n) is 7.03. The first-order valence-electron chi connectivity index (χ1n) is 9.16. The minimum Gasteiger partial charge on any atom is -0.321 e. The number of benzene rings is 2. The average Bonchev–Trinajstić information content (AvgIpc) is 3.14. The fourth-order valence-corrected chi connectivity index (χ4v) is 3.37. The molecule has 1 aromatic heterocycles. The van der Waals surface area contributed by atoms with Crippen molar-refractivity contribution in [3.05, 3.63) is 92.5 Å². The molecule has 4 nitrogen and oxygen atoms in total. The van der Waals surface area contributed by atoms with E-state index in [1.807, 2.05) is 25.1 Å². The lowest BCUT2D eigenvalue weighted by atomic mass is 9.99. The number of aromatic amines is 1. The van der Waals surface area contributed by atoms with Gasteiger partial charge in [0.25, 0.3) is 5.56 Å². The molecular weight excluding hydrogens is 353 g/mol. The maximum Gasteiger partial charge on any atom is 0.257 e. The first kappa shape index (κ1) is 18.0. The van der Waals surface area contributed by atoms with Gasteiger partial charge in [-0.1, -0.05) is 24.3 Å². The van der Waals surface area contributed by atoms with E-state index in [0.29, 0.717) is 27.7 Å². The molecule has 3 aromatic rings. The summed E-state index contributed by atoms with van der Waals surface area (Å²) in [6.45, 7) is 5.71. The smallest absolute Gasteiger partial charge is 0.257 e. The molecule has 2 heterocycles. The molecule has 0 fully saturated rings. The number of aromatic nitrogens is 1. The topological polar surface area (TPSA) is 57.6 Å². The van der Waals surface area contributed by atoms with Gasteiger partial charge in [-0.05, 0) is 73.4 Å². The molecule has 1 unspecified atom stereocenters. The molecule has 0 saturated carbocycles. The van der Waals surface area contributed by atoms with Crippen LogP contribution in [0.2, 0.25) is 0 Å². The number of hydrogen-bond acceptors (Lipinski definition) is 3. The van der Waals surface area contributed by atoms with Crippen molar-refractivity contribution in [3.63, 3.8) is 0 Å². The second kappa shape index (κ2) is 7.00. The number of hydrogen-bond donors (Lipinski definition) is 1. The predicted molar refractivity (Wildman–Crippen MR) is 111 cm³/mol. The lowest BCUT2D eigenvalue weighted by Gasteiger charge is -2.07. The third-order valence-corrected chi connectivity index (χ3v) is 5.00. The van der Waals surface area contributed by atoms with Crippen LogP contribution in [0.15, 0.2) is 63.6 Å². The Morgan fingerprint density at radius 1 is 1.11 bits per heavy atom. The van der Waals surface area contributed by atoms with Crippen molar-refractivity contribution in [1.82, 2.24) is 4.98 Å². The van der Waals surface area contributed by atoms with Gasteiger partial charge in [0.1, 0.15) is 11.9 Å². The van der Waals surface area contributed by atoms with Gasteiger partial charge < -0.3 is 4.98 Å². The molecule has 0 radical (unpaired) electrons. The van der Waals surface area contributed by atoms with Gasteiger partial charge >= 0.3 is 0 Å². The van der Waals surface area contributed by atoms with E-state index >= 15 is 0 Å². The molecule has 28 heavy (non-hydrogen) atoms. The second-order valence-corrected chi connectivity index (χ2v) is 7.03. The molecular formula is C23H20FN3O. The van der Waals surface area contributed by atoms with E-state index in [-0.39, 0.29) is 17.4 Å². The van der Waals surface area contributed by atoms with Gasteiger partial charge in [0.15, 0.2) is 0 Å². The van der Waals surface area contributed by atoms with Gasteiger partial charge in [-0.3, -0.25) is 4.79 Å². The van der Waals surface area contributed by atoms with Crippen molar-refractivity contribution in [2.75, 3.05) is 0 Å². The number of H-pyrrole nitrogens is 1. The summed E-state index contributed by atoms with van der Waals surface area (Å²) in [4.78, 5) is 15.4. The lowest BCUT2D eigenvalue weighted by Crippen LogP contribution is -2.11. The standard InChI is InChI=1S/C23H20FN3O/c1-4-5-15-9-16(7-6-13(15)2)21-12-22(27-26-21)18-10-17-11-19(24)14(3)8-20(17)25-23(18)28/h4-12,21H,1-3H3,(H,25,28)/b5-4-. The van der Waals surface area contributed by atoms with Gasteiger partial charge in [0.05, 0.1) is 11.3 Å². The summed E-state index contributed by atoms with van der Waals surface area (Å²) in [5, 5.41) is 9.18. The van der Waals surface area contributed by atoms with Gasteiger partial charge in [-0.2, -0.15) is 10.2 Å². The maximum atomic E-state index is 13.9. The van der Waals surface area contributed by atoms with Crippen LogP contribution in [-0.4, -0.2) is 4.98 Å². The number of allylic oxidation sites excluding steroid dienone is 1. The first-order chi connectivity index (χ1) is 13.5. The molecule has 0 bridgehead atoms. The number of rotatable bonds is 3. The van der Waals surface area contributed by atoms with Crippen LogP contribution in [0.25, 0.3) is 22.7 Å². The SMILES string of the molecule is C/C=C\c1cc(C2C=C(c3cc4cc(F)c(C)cc4[nH]c3=O)N=N2)ccc1C. The van der Waals surface area contributed by atoms with Gasteiger partial charge in [0, 0.05) is 10.9 Å². The number of pyridine rings is 1. The monoisotopic (exact) mass is 373 g/mol. The van der Waals surface area contributed by atoms with Gasteiger partial charge in [-0.25, -0.2) is 4.39 Å². The van der Waals surface area contributed by atoms with E-state index in [2.05, 4.69) is 40.3 Å². The molecule has 1 atom stereocenters. The van der Waals surface area contributed by atoms with E-state index in [0.717, 1.165) is 11.1 Å². The predicted octanol–water partition coefficient (Wildman–Crippen LogP) is 5.87. The summed E-state index contributed by atoms with van der Waals surface area (Å²) in [7, 11) is 0. The first-order valence-corrected chi connectivity index (χ1v) is 9.16. The van der Waals surface area contributed by atoms with E-state index in [9.17, 15) is 9.18 Å². The number of aryl methyl sites for hydroxylation is 2. The fraction of sp³-hybridized carbons (Fsp3) is 0.174. The Kier molecular flexibility index (Phi) is 4.51. The zero-order valence-corrected chi connectivity index (χ0v) is 16.0. The van der Waals surface area contributed by atoms with Crippen LogP contribution in [0, 0.1) is 19.7 Å². The summed E-state index contributed by atoms with van der Waals surface area (Å²) in [6, 6.07) is 10.7. The minimum atomic E-state index is -0.304. The number of azo groups is 1. The Morgan fingerprint density at radius 3 is 2.71 bits per heavy atom. The Labute approximate surface area is 162 Å². The molecule has 0 amide bonds. The van der Waals surface area contributed by atoms with Crippen molar-refractivity contribution in [1.29, 1.82) is 0 Å².